The molecule has 20 heavy (non-hydrogen) atoms. The normalized spacial score (nSPS) is 20.6. The number of hydrogen-bond acceptors (Lipinski definition) is 4. The number of aromatic nitrogens is 1. The van der Waals surface area contributed by atoms with Gasteiger partial charge in [-0.3, -0.25) is 14.4 Å². The average Bonchev–Trinajstić information content (AvgIpc) is 2.41. The summed E-state index contributed by atoms with van der Waals surface area (Å²) < 4.78 is 0. The molecule has 2 heterocycles. The molecule has 2 aliphatic rings. The first kappa shape index (κ1) is 12.6. The number of H-pyrrole nitrogens is 1. The van der Waals surface area contributed by atoms with Crippen LogP contribution in [-0.4, -0.2) is 16.6 Å². The van der Waals surface area contributed by atoms with E-state index in [0.29, 0.717) is 22.3 Å². The Labute approximate surface area is 115 Å². The first-order valence-electron chi connectivity index (χ1n) is 6.43. The van der Waals surface area contributed by atoms with Crippen molar-refractivity contribution < 1.29 is 9.59 Å². The van der Waals surface area contributed by atoms with E-state index in [1.807, 2.05) is 13.0 Å². The van der Waals surface area contributed by atoms with Crippen molar-refractivity contribution in [3.05, 3.63) is 56.3 Å². The van der Waals surface area contributed by atoms with Gasteiger partial charge in [0.1, 0.15) is 5.69 Å². The third kappa shape index (κ3) is 1.46. The maximum absolute atomic E-state index is 12.7. The van der Waals surface area contributed by atoms with Crippen LogP contribution in [0.2, 0.25) is 0 Å². The number of allylic oxidation sites excluding steroid dienone is 3. The van der Waals surface area contributed by atoms with Gasteiger partial charge in [-0.1, -0.05) is 13.0 Å². The van der Waals surface area contributed by atoms with E-state index in [1.54, 1.807) is 20.0 Å². The summed E-state index contributed by atoms with van der Waals surface area (Å²) in [6.07, 6.45) is 3.49. The molecule has 0 aromatic carbocycles. The second-order valence-electron chi connectivity index (χ2n) is 5.19. The predicted octanol–water partition coefficient (Wildman–Crippen LogP) is 1.38. The van der Waals surface area contributed by atoms with E-state index in [0.717, 1.165) is 0 Å². The zero-order valence-electron chi connectivity index (χ0n) is 11.5. The Hall–Kier alpha value is -2.43. The molecule has 1 aromatic heterocycles. The SMILES string of the molecule is Cc1c2c([nH]c(=O)c1C)C(=O)C1=C(C2=O)C(C)C=CN1. The summed E-state index contributed by atoms with van der Waals surface area (Å²) in [4.78, 5) is 39.5. The molecular formula is C15H14N2O3. The molecular weight excluding hydrogens is 256 g/mol. The quantitative estimate of drug-likeness (QED) is 0.746. The Kier molecular flexibility index (Phi) is 2.54. The summed E-state index contributed by atoms with van der Waals surface area (Å²) in [5, 5.41) is 2.83. The lowest BCUT2D eigenvalue weighted by Gasteiger charge is -2.27. The average molecular weight is 270 g/mol. The minimum Gasteiger partial charge on any atom is -0.358 e. The third-order valence-corrected chi connectivity index (χ3v) is 4.03. The number of hydrogen-bond donors (Lipinski definition) is 2. The van der Waals surface area contributed by atoms with Gasteiger partial charge in [-0.25, -0.2) is 0 Å². The van der Waals surface area contributed by atoms with E-state index in [4.69, 9.17) is 0 Å². The highest BCUT2D eigenvalue weighted by Gasteiger charge is 2.37. The van der Waals surface area contributed by atoms with Gasteiger partial charge < -0.3 is 10.3 Å². The molecule has 1 unspecified atom stereocenters. The maximum Gasteiger partial charge on any atom is 0.251 e. The first-order valence-corrected chi connectivity index (χ1v) is 6.43. The largest absolute Gasteiger partial charge is 0.358 e. The van der Waals surface area contributed by atoms with Crippen LogP contribution in [0.5, 0.6) is 0 Å². The number of aromatic amines is 1. The zero-order valence-corrected chi connectivity index (χ0v) is 11.5. The van der Waals surface area contributed by atoms with Crippen molar-refractivity contribution in [1.82, 2.24) is 10.3 Å². The summed E-state index contributed by atoms with van der Waals surface area (Å²) >= 11 is 0. The fourth-order valence-electron chi connectivity index (χ4n) is 2.71. The van der Waals surface area contributed by atoms with Crippen LogP contribution in [0, 0.1) is 19.8 Å². The molecule has 0 saturated heterocycles. The van der Waals surface area contributed by atoms with E-state index < -0.39 is 0 Å². The van der Waals surface area contributed by atoms with Gasteiger partial charge >= 0.3 is 0 Å². The fraction of sp³-hybridized carbons (Fsp3) is 0.267. The summed E-state index contributed by atoms with van der Waals surface area (Å²) in [5.41, 5.74) is 1.89. The Morgan fingerprint density at radius 1 is 1.05 bits per heavy atom. The number of nitrogens with one attached hydrogen (secondary N) is 2. The molecule has 3 rings (SSSR count). The number of dihydropyridines is 1. The van der Waals surface area contributed by atoms with Crippen LogP contribution in [0.25, 0.3) is 0 Å². The minimum absolute atomic E-state index is 0.0943. The van der Waals surface area contributed by atoms with E-state index in [1.165, 1.54) is 0 Å². The van der Waals surface area contributed by atoms with Gasteiger partial charge in [0.2, 0.25) is 5.78 Å². The zero-order chi connectivity index (χ0) is 14.6. The number of ketones is 2. The van der Waals surface area contributed by atoms with Crippen LogP contribution < -0.4 is 10.9 Å². The summed E-state index contributed by atoms with van der Waals surface area (Å²) in [6.45, 7) is 5.23. The minimum atomic E-state index is -0.328. The van der Waals surface area contributed by atoms with Gasteiger partial charge in [0.05, 0.1) is 11.3 Å². The summed E-state index contributed by atoms with van der Waals surface area (Å²) in [6, 6.07) is 0. The van der Waals surface area contributed by atoms with Crippen LogP contribution in [-0.2, 0) is 0 Å². The fourth-order valence-corrected chi connectivity index (χ4v) is 2.71. The van der Waals surface area contributed by atoms with Crippen molar-refractivity contribution in [2.75, 3.05) is 0 Å². The second-order valence-corrected chi connectivity index (χ2v) is 5.19. The van der Waals surface area contributed by atoms with E-state index >= 15 is 0 Å². The molecule has 5 nitrogen and oxygen atoms in total. The van der Waals surface area contributed by atoms with Crippen LogP contribution in [0.15, 0.2) is 28.3 Å². The number of fused-ring (bicyclic) bond motifs is 1. The second kappa shape index (κ2) is 4.03. The van der Waals surface area contributed by atoms with Crippen molar-refractivity contribution in [1.29, 1.82) is 0 Å². The van der Waals surface area contributed by atoms with Crippen molar-refractivity contribution >= 4 is 11.6 Å². The van der Waals surface area contributed by atoms with Gasteiger partial charge in [0, 0.05) is 17.1 Å². The highest BCUT2D eigenvalue weighted by atomic mass is 16.1. The van der Waals surface area contributed by atoms with Crippen molar-refractivity contribution in [2.45, 2.75) is 20.8 Å². The molecule has 0 spiro atoms. The molecule has 2 N–H and O–H groups in total. The smallest absolute Gasteiger partial charge is 0.251 e. The maximum atomic E-state index is 12.7. The third-order valence-electron chi connectivity index (χ3n) is 4.03. The molecule has 1 atom stereocenters. The van der Waals surface area contributed by atoms with Gasteiger partial charge in [0.15, 0.2) is 5.78 Å². The molecule has 102 valence electrons. The van der Waals surface area contributed by atoms with Crippen molar-refractivity contribution in [3.63, 3.8) is 0 Å². The Morgan fingerprint density at radius 2 is 1.75 bits per heavy atom. The molecule has 5 heteroatoms. The van der Waals surface area contributed by atoms with Crippen molar-refractivity contribution in [3.8, 4) is 0 Å². The molecule has 0 radical (unpaired) electrons. The molecule has 1 aliphatic carbocycles. The number of carbonyl (C=O) groups is 2. The predicted molar refractivity (Wildman–Crippen MR) is 73.7 cm³/mol. The van der Waals surface area contributed by atoms with Gasteiger partial charge in [-0.2, -0.15) is 0 Å². The van der Waals surface area contributed by atoms with Gasteiger partial charge in [-0.15, -0.1) is 0 Å². The van der Waals surface area contributed by atoms with Crippen LogP contribution in [0.3, 0.4) is 0 Å². The van der Waals surface area contributed by atoms with Crippen molar-refractivity contribution in [2.24, 2.45) is 5.92 Å². The molecule has 1 aromatic rings. The van der Waals surface area contributed by atoms with Crippen LogP contribution in [0.1, 0.15) is 38.9 Å². The molecule has 0 saturated carbocycles. The lowest BCUT2D eigenvalue weighted by molar-refractivity contribution is 0.0958. The Bertz CT molecular complexity index is 781. The van der Waals surface area contributed by atoms with E-state index in [-0.39, 0.29) is 34.4 Å². The molecule has 0 fully saturated rings. The number of pyridine rings is 1. The number of carbonyl (C=O) groups excluding carboxylic acids is 2. The molecule has 1 aliphatic heterocycles. The molecule has 0 amide bonds. The van der Waals surface area contributed by atoms with Gasteiger partial charge in [-0.05, 0) is 25.6 Å². The number of rotatable bonds is 0. The van der Waals surface area contributed by atoms with Gasteiger partial charge in [0.25, 0.3) is 5.56 Å². The topological polar surface area (TPSA) is 79.0 Å². The Morgan fingerprint density at radius 3 is 2.45 bits per heavy atom. The molecule has 0 bridgehead atoms. The summed E-state index contributed by atoms with van der Waals surface area (Å²) in [7, 11) is 0. The first-order chi connectivity index (χ1) is 9.43. The Balaban J connectivity index is 2.34. The highest BCUT2D eigenvalue weighted by molar-refractivity contribution is 6.27. The highest BCUT2D eigenvalue weighted by Crippen LogP contribution is 2.32. The standard InChI is InChI=1S/C15H14N2O3/c1-6-4-5-16-11-9(6)13(18)10-7(2)8(3)15(20)17-12(10)14(11)19/h4-6,16H,1-3H3,(H,17,20). The van der Waals surface area contributed by atoms with E-state index in [9.17, 15) is 14.4 Å². The number of Topliss-reactive ketones (excluding diaryl/α,β-unsaturated/α-hetero) is 2. The lowest BCUT2D eigenvalue weighted by Crippen LogP contribution is -2.36. The van der Waals surface area contributed by atoms with Crippen LogP contribution >= 0.6 is 0 Å². The lowest BCUT2D eigenvalue weighted by atomic mass is 9.80. The monoisotopic (exact) mass is 270 g/mol. The van der Waals surface area contributed by atoms with E-state index in [2.05, 4.69) is 10.3 Å². The van der Waals surface area contributed by atoms with Crippen LogP contribution in [0.4, 0.5) is 0 Å². The summed E-state index contributed by atoms with van der Waals surface area (Å²) in [5.74, 6) is -0.635.